The van der Waals surface area contributed by atoms with Gasteiger partial charge in [0.05, 0.1) is 22.7 Å². The quantitative estimate of drug-likeness (QED) is 0.437. The van der Waals surface area contributed by atoms with E-state index in [1.807, 2.05) is 73.7 Å². The highest BCUT2D eigenvalue weighted by atomic mass is 32.2. The number of anilines is 1. The van der Waals surface area contributed by atoms with Gasteiger partial charge < -0.3 is 4.90 Å². The van der Waals surface area contributed by atoms with Crippen molar-refractivity contribution in [1.82, 2.24) is 10.4 Å². The molecule has 34 heavy (non-hydrogen) atoms. The summed E-state index contributed by atoms with van der Waals surface area (Å²) in [5.41, 5.74) is 6.52. The summed E-state index contributed by atoms with van der Waals surface area (Å²) in [6.45, 7) is 2.20. The lowest BCUT2D eigenvalue weighted by Gasteiger charge is -2.17. The number of hydrogen-bond donors (Lipinski definition) is 1. The van der Waals surface area contributed by atoms with Crippen LogP contribution in [0.15, 0.2) is 83.8 Å². The summed E-state index contributed by atoms with van der Waals surface area (Å²) in [6.07, 6.45) is 0. The molecule has 5 rings (SSSR count). The van der Waals surface area contributed by atoms with Gasteiger partial charge in [0.2, 0.25) is 0 Å². The molecule has 168 valence electrons. The molecule has 0 radical (unpaired) electrons. The number of thiocarbonyl (C=S) groups is 1. The number of nitrogens with one attached hydrogen (secondary N) is 1. The first kappa shape index (κ1) is 22.1. The number of nitrogens with zero attached hydrogens (tertiary/aromatic N) is 2. The zero-order valence-corrected chi connectivity index (χ0v) is 19.8. The van der Waals surface area contributed by atoms with Crippen molar-refractivity contribution in [1.29, 1.82) is 0 Å². The Morgan fingerprint density at radius 2 is 1.59 bits per heavy atom. The number of hydrazine groups is 1. The number of rotatable bonds is 4. The topological polar surface area (TPSA) is 69.7 Å². The molecule has 0 aromatic heterocycles. The molecule has 0 bridgehead atoms. The van der Waals surface area contributed by atoms with Gasteiger partial charge in [-0.05, 0) is 42.4 Å². The Morgan fingerprint density at radius 1 is 0.912 bits per heavy atom. The molecule has 2 aliphatic rings. The monoisotopic (exact) mass is 485 g/mol. The van der Waals surface area contributed by atoms with Gasteiger partial charge in [-0.1, -0.05) is 78.5 Å². The van der Waals surface area contributed by atoms with E-state index in [1.54, 1.807) is 17.0 Å². The van der Waals surface area contributed by atoms with E-state index in [0.29, 0.717) is 23.2 Å². The molecule has 3 aromatic rings. The minimum absolute atomic E-state index is 0.168. The van der Waals surface area contributed by atoms with E-state index in [1.165, 1.54) is 0 Å². The molecule has 0 saturated carbocycles. The molecule has 2 heterocycles. The van der Waals surface area contributed by atoms with Gasteiger partial charge >= 0.3 is 0 Å². The number of fused-ring (bicyclic) bond motifs is 1. The van der Waals surface area contributed by atoms with Crippen molar-refractivity contribution >= 4 is 57.3 Å². The minimum atomic E-state index is -0.517. The lowest BCUT2D eigenvalue weighted by atomic mass is 10.1. The van der Waals surface area contributed by atoms with Crippen molar-refractivity contribution in [2.75, 3.05) is 4.90 Å². The fourth-order valence-corrected chi connectivity index (χ4v) is 5.28. The summed E-state index contributed by atoms with van der Waals surface area (Å²) in [4.78, 5) is 41.6. The van der Waals surface area contributed by atoms with Gasteiger partial charge in [-0.2, -0.15) is 5.01 Å². The highest BCUT2D eigenvalue weighted by Crippen LogP contribution is 2.44. The maximum absolute atomic E-state index is 13.6. The Bertz CT molecular complexity index is 1380. The van der Waals surface area contributed by atoms with Gasteiger partial charge in [0.1, 0.15) is 0 Å². The standard InChI is InChI=1S/C26H19N3O3S2/c1-16-9-5-6-12-18(16)23(30)27-29-25(32)22(34-26(29)33)21-19-13-7-8-14-20(19)28(24(21)31)15-17-10-3-2-4-11-17/h2-14H,15H2,1H3,(H,27,30)/b22-21+. The molecule has 1 fully saturated rings. The van der Waals surface area contributed by atoms with Crippen LogP contribution in [0.1, 0.15) is 27.0 Å². The number of carbonyl (C=O) groups excluding carboxylic acids is 3. The minimum Gasteiger partial charge on any atom is -0.303 e. The molecule has 0 spiro atoms. The second-order valence-electron chi connectivity index (χ2n) is 7.86. The van der Waals surface area contributed by atoms with Crippen LogP contribution in [0.5, 0.6) is 0 Å². The van der Waals surface area contributed by atoms with Crippen LogP contribution in [0, 0.1) is 6.92 Å². The Morgan fingerprint density at radius 3 is 2.35 bits per heavy atom. The summed E-state index contributed by atoms with van der Waals surface area (Å²) in [7, 11) is 0. The smallest absolute Gasteiger partial charge is 0.286 e. The lowest BCUT2D eigenvalue weighted by Crippen LogP contribution is -2.45. The van der Waals surface area contributed by atoms with Crippen LogP contribution in [0.2, 0.25) is 0 Å². The van der Waals surface area contributed by atoms with Crippen LogP contribution in [0.3, 0.4) is 0 Å². The first-order chi connectivity index (χ1) is 16.5. The highest BCUT2D eigenvalue weighted by Gasteiger charge is 2.42. The molecular formula is C26H19N3O3S2. The molecule has 0 unspecified atom stereocenters. The fourth-order valence-electron chi connectivity index (χ4n) is 4.03. The van der Waals surface area contributed by atoms with Gasteiger partial charge in [0.15, 0.2) is 4.32 Å². The highest BCUT2D eigenvalue weighted by molar-refractivity contribution is 8.26. The lowest BCUT2D eigenvalue weighted by molar-refractivity contribution is -0.124. The fraction of sp³-hybridized carbons (Fsp3) is 0.0769. The zero-order chi connectivity index (χ0) is 23.8. The molecule has 0 atom stereocenters. The van der Waals surface area contributed by atoms with Crippen molar-refractivity contribution in [3.05, 3.63) is 106 Å². The molecule has 3 amide bonds. The number of thioether (sulfide) groups is 1. The SMILES string of the molecule is Cc1ccccc1C(=O)NN1C(=O)/C(=C2\C(=O)N(Cc3ccccc3)c3ccccc32)SC1=S. The third kappa shape index (κ3) is 3.81. The summed E-state index contributed by atoms with van der Waals surface area (Å²) in [5.74, 6) is -1.23. The summed E-state index contributed by atoms with van der Waals surface area (Å²) in [6, 6.07) is 24.1. The van der Waals surface area contributed by atoms with Crippen LogP contribution < -0.4 is 10.3 Å². The summed E-state index contributed by atoms with van der Waals surface area (Å²) < 4.78 is 0.168. The van der Waals surface area contributed by atoms with E-state index in [9.17, 15) is 14.4 Å². The van der Waals surface area contributed by atoms with Crippen molar-refractivity contribution < 1.29 is 14.4 Å². The molecule has 3 aromatic carbocycles. The van der Waals surface area contributed by atoms with Crippen LogP contribution in [0.4, 0.5) is 5.69 Å². The maximum atomic E-state index is 13.6. The zero-order valence-electron chi connectivity index (χ0n) is 18.1. The third-order valence-corrected chi connectivity index (χ3v) is 7.08. The molecule has 2 aliphatic heterocycles. The molecule has 6 nitrogen and oxygen atoms in total. The van der Waals surface area contributed by atoms with E-state index in [2.05, 4.69) is 5.43 Å². The average molecular weight is 486 g/mol. The number of aryl methyl sites for hydroxylation is 1. The Kier molecular flexibility index (Phi) is 5.77. The predicted molar refractivity (Wildman–Crippen MR) is 137 cm³/mol. The van der Waals surface area contributed by atoms with Crippen LogP contribution >= 0.6 is 24.0 Å². The van der Waals surface area contributed by atoms with E-state index in [4.69, 9.17) is 12.2 Å². The molecule has 1 N–H and O–H groups in total. The number of benzene rings is 3. The second-order valence-corrected chi connectivity index (χ2v) is 9.51. The summed E-state index contributed by atoms with van der Waals surface area (Å²) in [5, 5.41) is 1.05. The van der Waals surface area contributed by atoms with E-state index in [0.717, 1.165) is 33.6 Å². The molecule has 1 saturated heterocycles. The second kappa shape index (κ2) is 8.89. The van der Waals surface area contributed by atoms with Gasteiger partial charge in [-0.15, -0.1) is 0 Å². The number of para-hydroxylation sites is 1. The Labute approximate surface area is 206 Å². The first-order valence-corrected chi connectivity index (χ1v) is 11.8. The maximum Gasteiger partial charge on any atom is 0.286 e. The van der Waals surface area contributed by atoms with E-state index >= 15 is 0 Å². The third-order valence-electron chi connectivity index (χ3n) is 5.71. The van der Waals surface area contributed by atoms with Gasteiger partial charge in [-0.3, -0.25) is 19.8 Å². The van der Waals surface area contributed by atoms with Gasteiger partial charge in [-0.25, -0.2) is 0 Å². The van der Waals surface area contributed by atoms with Crippen molar-refractivity contribution in [2.45, 2.75) is 13.5 Å². The number of carbonyl (C=O) groups is 3. The normalized spacial score (nSPS) is 17.4. The molecule has 8 heteroatoms. The number of hydrogen-bond acceptors (Lipinski definition) is 5. The first-order valence-electron chi connectivity index (χ1n) is 10.6. The van der Waals surface area contributed by atoms with Crippen LogP contribution in [-0.2, 0) is 16.1 Å². The average Bonchev–Trinajstić information content (AvgIpc) is 3.27. The number of amides is 3. The van der Waals surface area contributed by atoms with Gasteiger partial charge in [0, 0.05) is 11.1 Å². The van der Waals surface area contributed by atoms with Gasteiger partial charge in [0.25, 0.3) is 17.7 Å². The van der Waals surface area contributed by atoms with Crippen molar-refractivity contribution in [3.63, 3.8) is 0 Å². The van der Waals surface area contributed by atoms with Crippen molar-refractivity contribution in [2.24, 2.45) is 0 Å². The Hall–Kier alpha value is -3.75. The molecular weight excluding hydrogens is 466 g/mol. The van der Waals surface area contributed by atoms with E-state index < -0.39 is 11.8 Å². The Balaban J connectivity index is 1.48. The van der Waals surface area contributed by atoms with Crippen molar-refractivity contribution in [3.8, 4) is 0 Å². The van der Waals surface area contributed by atoms with E-state index in [-0.39, 0.29) is 15.1 Å². The van der Waals surface area contributed by atoms with Crippen LogP contribution in [0.25, 0.3) is 5.57 Å². The predicted octanol–water partition coefficient (Wildman–Crippen LogP) is 4.46. The van der Waals surface area contributed by atoms with Crippen LogP contribution in [-0.4, -0.2) is 27.1 Å². The molecule has 0 aliphatic carbocycles. The largest absolute Gasteiger partial charge is 0.303 e. The summed E-state index contributed by atoms with van der Waals surface area (Å²) >= 11 is 6.42.